The van der Waals surface area contributed by atoms with Gasteiger partial charge in [-0.25, -0.2) is 0 Å². The second-order valence-corrected chi connectivity index (χ2v) is 4.21. The Morgan fingerprint density at radius 1 is 1.37 bits per heavy atom. The molecule has 3 aromatic rings. The lowest BCUT2D eigenvalue weighted by molar-refractivity contribution is 0.760. The minimum Gasteiger partial charge on any atom is -0.366 e. The van der Waals surface area contributed by atoms with E-state index in [0.717, 1.165) is 10.9 Å². The van der Waals surface area contributed by atoms with Crippen LogP contribution < -0.4 is 11.3 Å². The number of hydrogen-bond donors (Lipinski definition) is 2. The van der Waals surface area contributed by atoms with Gasteiger partial charge in [-0.2, -0.15) is 4.98 Å². The van der Waals surface area contributed by atoms with Crippen LogP contribution in [0.25, 0.3) is 22.3 Å². The van der Waals surface area contributed by atoms with Crippen LogP contribution in [-0.4, -0.2) is 19.7 Å². The molecular formula is C13H13N5O. The van der Waals surface area contributed by atoms with Gasteiger partial charge in [0, 0.05) is 6.54 Å². The lowest BCUT2D eigenvalue weighted by Crippen LogP contribution is -2.21. The van der Waals surface area contributed by atoms with E-state index in [4.69, 9.17) is 5.73 Å². The lowest BCUT2D eigenvalue weighted by Gasteiger charge is -2.09. The van der Waals surface area contributed by atoms with Crippen LogP contribution in [0.15, 0.2) is 35.1 Å². The first-order valence-corrected chi connectivity index (χ1v) is 6.01. The summed E-state index contributed by atoms with van der Waals surface area (Å²) in [7, 11) is 0. The highest BCUT2D eigenvalue weighted by Gasteiger charge is 2.12. The highest BCUT2D eigenvalue weighted by molar-refractivity contribution is 5.83. The monoisotopic (exact) mass is 255 g/mol. The highest BCUT2D eigenvalue weighted by Crippen LogP contribution is 2.18. The quantitative estimate of drug-likeness (QED) is 0.724. The number of fused-ring (bicyclic) bond motifs is 1. The summed E-state index contributed by atoms with van der Waals surface area (Å²) >= 11 is 0. The SMILES string of the molecule is CCn1c(=O)c(-c2nc(N)n[nH]2)cc2ccccc21. The first-order chi connectivity index (χ1) is 9.20. The Bertz CT molecular complexity index is 802. The van der Waals surface area contributed by atoms with E-state index in [1.165, 1.54) is 0 Å². The molecular weight excluding hydrogens is 242 g/mol. The normalized spacial score (nSPS) is 11.0. The molecule has 0 spiro atoms. The highest BCUT2D eigenvalue weighted by atomic mass is 16.1. The topological polar surface area (TPSA) is 89.6 Å². The minimum atomic E-state index is -0.0997. The fourth-order valence-corrected chi connectivity index (χ4v) is 2.21. The van der Waals surface area contributed by atoms with Gasteiger partial charge in [0.05, 0.1) is 11.1 Å². The minimum absolute atomic E-state index is 0.0997. The first-order valence-electron chi connectivity index (χ1n) is 6.01. The number of pyridine rings is 1. The maximum atomic E-state index is 12.5. The zero-order valence-electron chi connectivity index (χ0n) is 10.4. The third kappa shape index (κ3) is 1.77. The third-order valence-electron chi connectivity index (χ3n) is 3.08. The van der Waals surface area contributed by atoms with E-state index in [2.05, 4.69) is 15.2 Å². The summed E-state index contributed by atoms with van der Waals surface area (Å²) in [6.45, 7) is 2.53. The van der Waals surface area contributed by atoms with Gasteiger partial charge in [-0.05, 0) is 24.4 Å². The number of aromatic nitrogens is 4. The van der Waals surface area contributed by atoms with Crippen molar-refractivity contribution in [3.05, 3.63) is 40.7 Å². The molecule has 6 nitrogen and oxygen atoms in total. The number of H-pyrrole nitrogens is 1. The van der Waals surface area contributed by atoms with Gasteiger partial charge >= 0.3 is 0 Å². The van der Waals surface area contributed by atoms with E-state index in [0.29, 0.717) is 17.9 Å². The zero-order valence-corrected chi connectivity index (χ0v) is 10.4. The number of nitrogens with two attached hydrogens (primary N) is 1. The van der Waals surface area contributed by atoms with E-state index < -0.39 is 0 Å². The van der Waals surface area contributed by atoms with Crippen molar-refractivity contribution in [1.29, 1.82) is 0 Å². The average Bonchev–Trinajstić information content (AvgIpc) is 2.84. The van der Waals surface area contributed by atoms with E-state index in [1.807, 2.05) is 37.3 Å². The molecule has 6 heteroatoms. The molecule has 0 unspecified atom stereocenters. The van der Waals surface area contributed by atoms with Gasteiger partial charge in [0.2, 0.25) is 5.95 Å². The third-order valence-corrected chi connectivity index (χ3v) is 3.08. The number of aromatic amines is 1. The molecule has 19 heavy (non-hydrogen) atoms. The Kier molecular flexibility index (Phi) is 2.56. The fourth-order valence-electron chi connectivity index (χ4n) is 2.21. The molecule has 0 bridgehead atoms. The average molecular weight is 255 g/mol. The second-order valence-electron chi connectivity index (χ2n) is 4.21. The number of nitrogens with one attached hydrogen (secondary N) is 1. The molecule has 0 fully saturated rings. The molecule has 1 aromatic carbocycles. The number of nitrogens with zero attached hydrogens (tertiary/aromatic N) is 3. The molecule has 0 aliphatic rings. The van der Waals surface area contributed by atoms with Crippen LogP contribution in [0.1, 0.15) is 6.92 Å². The molecule has 0 saturated carbocycles. The van der Waals surface area contributed by atoms with Crippen LogP contribution in [0, 0.1) is 0 Å². The van der Waals surface area contributed by atoms with Crippen molar-refractivity contribution in [3.63, 3.8) is 0 Å². The van der Waals surface area contributed by atoms with Crippen molar-refractivity contribution in [2.75, 3.05) is 5.73 Å². The number of rotatable bonds is 2. The summed E-state index contributed by atoms with van der Waals surface area (Å²) in [6.07, 6.45) is 0. The molecule has 0 aliphatic heterocycles. The smallest absolute Gasteiger partial charge is 0.262 e. The summed E-state index contributed by atoms with van der Waals surface area (Å²) in [5.41, 5.74) is 6.77. The summed E-state index contributed by atoms with van der Waals surface area (Å²) in [4.78, 5) is 16.5. The van der Waals surface area contributed by atoms with Crippen molar-refractivity contribution in [2.24, 2.45) is 0 Å². The van der Waals surface area contributed by atoms with E-state index in [9.17, 15) is 4.79 Å². The number of nitrogen functional groups attached to an aromatic ring is 1. The number of aryl methyl sites for hydroxylation is 1. The standard InChI is InChI=1S/C13H13N5O/c1-2-18-10-6-4-3-5-8(10)7-9(12(18)19)11-15-13(14)17-16-11/h3-7H,2H2,1H3,(H3,14,15,16,17). The van der Waals surface area contributed by atoms with E-state index in [1.54, 1.807) is 4.57 Å². The van der Waals surface area contributed by atoms with Crippen LogP contribution in [0.3, 0.4) is 0 Å². The fraction of sp³-hybridized carbons (Fsp3) is 0.154. The van der Waals surface area contributed by atoms with Crippen LogP contribution in [0.5, 0.6) is 0 Å². The summed E-state index contributed by atoms with van der Waals surface area (Å²) < 4.78 is 1.71. The second kappa shape index (κ2) is 4.24. The molecule has 0 radical (unpaired) electrons. The molecule has 2 heterocycles. The van der Waals surface area contributed by atoms with Gasteiger partial charge in [0.25, 0.3) is 5.56 Å². The molecule has 96 valence electrons. The van der Waals surface area contributed by atoms with Crippen molar-refractivity contribution in [2.45, 2.75) is 13.5 Å². The van der Waals surface area contributed by atoms with Crippen molar-refractivity contribution >= 4 is 16.9 Å². The molecule has 0 saturated heterocycles. The van der Waals surface area contributed by atoms with Crippen LogP contribution in [0.2, 0.25) is 0 Å². The predicted molar refractivity (Wildman–Crippen MR) is 73.7 cm³/mol. The van der Waals surface area contributed by atoms with Gasteiger partial charge in [-0.15, -0.1) is 5.10 Å². The predicted octanol–water partition coefficient (Wildman–Crippen LogP) is 1.39. The van der Waals surface area contributed by atoms with Crippen molar-refractivity contribution in [1.82, 2.24) is 19.7 Å². The summed E-state index contributed by atoms with van der Waals surface area (Å²) in [5.74, 6) is 0.529. The van der Waals surface area contributed by atoms with Crippen molar-refractivity contribution < 1.29 is 0 Å². The maximum absolute atomic E-state index is 12.5. The number of benzene rings is 1. The van der Waals surface area contributed by atoms with E-state index in [-0.39, 0.29) is 11.5 Å². The molecule has 0 aliphatic carbocycles. The largest absolute Gasteiger partial charge is 0.366 e. The molecule has 3 rings (SSSR count). The van der Waals surface area contributed by atoms with Gasteiger partial charge < -0.3 is 10.3 Å². The number of anilines is 1. The van der Waals surface area contributed by atoms with E-state index >= 15 is 0 Å². The van der Waals surface area contributed by atoms with Crippen LogP contribution in [0.4, 0.5) is 5.95 Å². The van der Waals surface area contributed by atoms with Crippen LogP contribution >= 0.6 is 0 Å². The van der Waals surface area contributed by atoms with Gasteiger partial charge in [-0.3, -0.25) is 9.89 Å². The van der Waals surface area contributed by atoms with Gasteiger partial charge in [-0.1, -0.05) is 18.2 Å². The summed E-state index contributed by atoms with van der Waals surface area (Å²) in [5, 5.41) is 7.42. The Morgan fingerprint density at radius 3 is 2.84 bits per heavy atom. The van der Waals surface area contributed by atoms with Gasteiger partial charge in [0.1, 0.15) is 0 Å². The Labute approximate surface area is 108 Å². The Hall–Kier alpha value is -2.63. The molecule has 0 amide bonds. The zero-order chi connectivity index (χ0) is 13.4. The van der Waals surface area contributed by atoms with Crippen molar-refractivity contribution in [3.8, 4) is 11.4 Å². The molecule has 2 aromatic heterocycles. The van der Waals surface area contributed by atoms with Gasteiger partial charge in [0.15, 0.2) is 5.82 Å². The Morgan fingerprint density at radius 2 is 2.16 bits per heavy atom. The summed E-state index contributed by atoms with van der Waals surface area (Å²) in [6, 6.07) is 9.55. The number of hydrogen-bond acceptors (Lipinski definition) is 4. The maximum Gasteiger partial charge on any atom is 0.262 e. The first kappa shape index (κ1) is 11.5. The number of para-hydroxylation sites is 1. The molecule has 0 atom stereocenters. The Balaban J connectivity index is 2.38. The molecule has 3 N–H and O–H groups in total. The lowest BCUT2D eigenvalue weighted by atomic mass is 10.1. The van der Waals surface area contributed by atoms with Crippen LogP contribution in [-0.2, 0) is 6.54 Å².